The molecule has 0 heterocycles. The lowest BCUT2D eigenvalue weighted by molar-refractivity contribution is -0.143. The number of benzene rings is 1. The van der Waals surface area contributed by atoms with Gasteiger partial charge in [-0.05, 0) is 12.1 Å². The van der Waals surface area contributed by atoms with Gasteiger partial charge in [0.15, 0.2) is 0 Å². The van der Waals surface area contributed by atoms with E-state index in [1.165, 1.54) is 13.2 Å². The molecule has 0 aliphatic rings. The highest BCUT2D eigenvalue weighted by Crippen LogP contribution is 2.17. The van der Waals surface area contributed by atoms with Gasteiger partial charge in [0, 0.05) is 13.0 Å². The predicted octanol–water partition coefficient (Wildman–Crippen LogP) is 2.06. The molecule has 4 nitrogen and oxygen atoms in total. The first-order valence-corrected chi connectivity index (χ1v) is 5.68. The minimum Gasteiger partial charge on any atom is -0.467 e. The highest BCUT2D eigenvalue weighted by Gasteiger charge is 2.26. The van der Waals surface area contributed by atoms with Crippen molar-refractivity contribution < 1.29 is 18.7 Å². The van der Waals surface area contributed by atoms with Gasteiger partial charge in [-0.1, -0.05) is 19.1 Å². The molecule has 0 radical (unpaired) electrons. The van der Waals surface area contributed by atoms with Crippen LogP contribution in [-0.4, -0.2) is 32.8 Å². The second-order valence-electron chi connectivity index (χ2n) is 4.06. The topological polar surface area (TPSA) is 47.6 Å². The van der Waals surface area contributed by atoms with Crippen molar-refractivity contribution >= 4 is 11.7 Å². The number of rotatable bonds is 6. The van der Waals surface area contributed by atoms with Gasteiger partial charge in [0.05, 0.1) is 19.4 Å². The van der Waals surface area contributed by atoms with E-state index in [0.717, 1.165) is 0 Å². The summed E-state index contributed by atoms with van der Waals surface area (Å²) in [6.45, 7) is 2.21. The molecule has 100 valence electrons. The van der Waals surface area contributed by atoms with Crippen molar-refractivity contribution in [1.82, 2.24) is 0 Å². The van der Waals surface area contributed by atoms with E-state index >= 15 is 0 Å². The van der Waals surface area contributed by atoms with Crippen LogP contribution in [0.3, 0.4) is 0 Å². The second-order valence-corrected chi connectivity index (χ2v) is 4.06. The quantitative estimate of drug-likeness (QED) is 0.790. The van der Waals surface area contributed by atoms with E-state index in [2.05, 4.69) is 5.32 Å². The number of hydrogen-bond donors (Lipinski definition) is 1. The largest absolute Gasteiger partial charge is 0.467 e. The van der Waals surface area contributed by atoms with Crippen molar-refractivity contribution in [3.8, 4) is 0 Å². The number of methoxy groups -OCH3 is 2. The van der Waals surface area contributed by atoms with Crippen LogP contribution in [0.2, 0.25) is 0 Å². The molecule has 0 amide bonds. The van der Waals surface area contributed by atoms with Gasteiger partial charge in [0.25, 0.3) is 0 Å². The van der Waals surface area contributed by atoms with Crippen LogP contribution >= 0.6 is 0 Å². The van der Waals surface area contributed by atoms with Gasteiger partial charge in [-0.25, -0.2) is 9.18 Å². The Bertz CT molecular complexity index is 398. The Hall–Kier alpha value is -1.62. The zero-order chi connectivity index (χ0) is 13.5. The number of para-hydroxylation sites is 1. The number of anilines is 1. The van der Waals surface area contributed by atoms with Crippen molar-refractivity contribution in [2.24, 2.45) is 5.92 Å². The van der Waals surface area contributed by atoms with Gasteiger partial charge >= 0.3 is 5.97 Å². The summed E-state index contributed by atoms with van der Waals surface area (Å²) in [6, 6.07) is 5.54. The molecule has 5 heteroatoms. The third kappa shape index (κ3) is 3.70. The van der Waals surface area contributed by atoms with Crippen LogP contribution in [0, 0.1) is 11.7 Å². The van der Waals surface area contributed by atoms with Crippen molar-refractivity contribution in [2.45, 2.75) is 13.0 Å². The molecule has 0 spiro atoms. The third-order valence-electron chi connectivity index (χ3n) is 2.64. The average Bonchev–Trinajstić information content (AvgIpc) is 2.37. The SMILES string of the molecule is COCC(C)C(Nc1ccccc1F)C(=O)OC. The van der Waals surface area contributed by atoms with Crippen LogP contribution in [-0.2, 0) is 14.3 Å². The highest BCUT2D eigenvalue weighted by atomic mass is 19.1. The number of carbonyl (C=O) groups is 1. The molecule has 0 aliphatic heterocycles. The van der Waals surface area contributed by atoms with Crippen molar-refractivity contribution in [2.75, 3.05) is 26.1 Å². The number of halogens is 1. The first-order valence-electron chi connectivity index (χ1n) is 5.68. The molecular formula is C13H18FNO3. The summed E-state index contributed by atoms with van der Waals surface area (Å²) in [5.41, 5.74) is 0.274. The molecule has 1 aromatic rings. The minimum atomic E-state index is -0.646. The summed E-state index contributed by atoms with van der Waals surface area (Å²) < 4.78 is 23.2. The van der Waals surface area contributed by atoms with E-state index in [9.17, 15) is 9.18 Å². The molecule has 2 unspecified atom stereocenters. The zero-order valence-electron chi connectivity index (χ0n) is 10.8. The summed E-state index contributed by atoms with van der Waals surface area (Å²) in [6.07, 6.45) is 0. The van der Waals surface area contributed by atoms with Crippen molar-refractivity contribution in [1.29, 1.82) is 0 Å². The van der Waals surface area contributed by atoms with E-state index in [0.29, 0.717) is 6.61 Å². The first kappa shape index (κ1) is 14.4. The van der Waals surface area contributed by atoms with E-state index in [1.54, 1.807) is 25.3 Å². The van der Waals surface area contributed by atoms with Gasteiger partial charge in [-0.15, -0.1) is 0 Å². The third-order valence-corrected chi connectivity index (χ3v) is 2.64. The molecule has 1 rings (SSSR count). The van der Waals surface area contributed by atoms with Crippen LogP contribution in [0.1, 0.15) is 6.92 Å². The normalized spacial score (nSPS) is 13.8. The Morgan fingerprint density at radius 2 is 2.06 bits per heavy atom. The smallest absolute Gasteiger partial charge is 0.328 e. The molecule has 18 heavy (non-hydrogen) atoms. The maximum atomic E-state index is 13.5. The standard InChI is InChI=1S/C13H18FNO3/c1-9(8-17-2)12(13(16)18-3)15-11-7-5-4-6-10(11)14/h4-7,9,12,15H,8H2,1-3H3. The molecule has 0 saturated heterocycles. The molecule has 0 bridgehead atoms. The monoisotopic (exact) mass is 255 g/mol. The van der Waals surface area contributed by atoms with Crippen LogP contribution in [0.25, 0.3) is 0 Å². The number of hydrogen-bond acceptors (Lipinski definition) is 4. The molecule has 1 aromatic carbocycles. The van der Waals surface area contributed by atoms with Gasteiger partial charge < -0.3 is 14.8 Å². The number of nitrogens with one attached hydrogen (secondary N) is 1. The van der Waals surface area contributed by atoms with Crippen molar-refractivity contribution in [3.63, 3.8) is 0 Å². The van der Waals surface area contributed by atoms with Gasteiger partial charge in [0.1, 0.15) is 11.9 Å². The molecule has 0 aliphatic carbocycles. The van der Waals surface area contributed by atoms with Crippen molar-refractivity contribution in [3.05, 3.63) is 30.1 Å². The number of carbonyl (C=O) groups excluding carboxylic acids is 1. The molecule has 1 N–H and O–H groups in total. The zero-order valence-corrected chi connectivity index (χ0v) is 10.8. The van der Waals surface area contributed by atoms with Gasteiger partial charge in [-0.2, -0.15) is 0 Å². The summed E-state index contributed by atoms with van der Waals surface area (Å²) in [5, 5.41) is 2.85. The van der Waals surface area contributed by atoms with E-state index in [1.807, 2.05) is 6.92 Å². The summed E-state index contributed by atoms with van der Waals surface area (Å²) in [5.74, 6) is -0.985. The maximum absolute atomic E-state index is 13.5. The minimum absolute atomic E-state index is 0.137. The Balaban J connectivity index is 2.85. The lowest BCUT2D eigenvalue weighted by Crippen LogP contribution is -2.38. The second kappa shape index (κ2) is 6.96. The summed E-state index contributed by atoms with van der Waals surface area (Å²) in [4.78, 5) is 11.7. The lowest BCUT2D eigenvalue weighted by atomic mass is 10.0. The fourth-order valence-corrected chi connectivity index (χ4v) is 1.67. The fourth-order valence-electron chi connectivity index (χ4n) is 1.67. The van der Waals surface area contributed by atoms with Crippen LogP contribution < -0.4 is 5.32 Å². The molecule has 0 fully saturated rings. The Labute approximate surface area is 106 Å². The van der Waals surface area contributed by atoms with Gasteiger partial charge in [-0.3, -0.25) is 0 Å². The first-order chi connectivity index (χ1) is 8.60. The Kier molecular flexibility index (Phi) is 5.58. The lowest BCUT2D eigenvalue weighted by Gasteiger charge is -2.23. The van der Waals surface area contributed by atoms with E-state index in [4.69, 9.17) is 9.47 Å². The number of esters is 1. The van der Waals surface area contributed by atoms with Crippen LogP contribution in [0.4, 0.5) is 10.1 Å². The van der Waals surface area contributed by atoms with Gasteiger partial charge in [0.2, 0.25) is 0 Å². The van der Waals surface area contributed by atoms with E-state index in [-0.39, 0.29) is 11.6 Å². The molecular weight excluding hydrogens is 237 g/mol. The van der Waals surface area contributed by atoms with E-state index < -0.39 is 17.8 Å². The highest BCUT2D eigenvalue weighted by molar-refractivity contribution is 5.79. The van der Waals surface area contributed by atoms with Crippen LogP contribution in [0.15, 0.2) is 24.3 Å². The van der Waals surface area contributed by atoms with Crippen LogP contribution in [0.5, 0.6) is 0 Å². The molecule has 2 atom stereocenters. The summed E-state index contributed by atoms with van der Waals surface area (Å²) in [7, 11) is 2.85. The summed E-state index contributed by atoms with van der Waals surface area (Å²) >= 11 is 0. The molecule has 0 saturated carbocycles. The number of ether oxygens (including phenoxy) is 2. The maximum Gasteiger partial charge on any atom is 0.328 e. The molecule has 0 aromatic heterocycles. The predicted molar refractivity (Wildman–Crippen MR) is 66.9 cm³/mol. The average molecular weight is 255 g/mol. The Morgan fingerprint density at radius 3 is 2.61 bits per heavy atom. The fraction of sp³-hybridized carbons (Fsp3) is 0.462. The Morgan fingerprint density at radius 1 is 1.39 bits per heavy atom.